The lowest BCUT2D eigenvalue weighted by Gasteiger charge is -2.21. The molecule has 20 heavy (non-hydrogen) atoms. The number of rotatable bonds is 2. The highest BCUT2D eigenvalue weighted by atomic mass is 19.4. The van der Waals surface area contributed by atoms with Gasteiger partial charge in [-0.2, -0.15) is 13.2 Å². The van der Waals surface area contributed by atoms with Crippen LogP contribution in [0.1, 0.15) is 18.9 Å². The summed E-state index contributed by atoms with van der Waals surface area (Å²) in [4.78, 5) is 11.2. The number of aliphatic hydroxyl groups is 1. The molecule has 1 unspecified atom stereocenters. The van der Waals surface area contributed by atoms with Crippen LogP contribution in [0.3, 0.4) is 0 Å². The van der Waals surface area contributed by atoms with Gasteiger partial charge in [-0.25, -0.2) is 0 Å². The molecule has 0 bridgehead atoms. The molecule has 1 N–H and O–H groups in total. The molecule has 0 spiro atoms. The number of hydrogen-bond donors (Lipinski definition) is 1. The molecule has 0 aromatic heterocycles. The Bertz CT molecular complexity index is 543. The standard InChI is InChI=1S/C12H13F3N2O3/c1-11(18)4-5-16(7-11)8-2-3-10(17(19)20)9(6-8)12(13,14)15/h2-3,6,18H,4-5,7H2,1H3. The molecule has 0 aliphatic carbocycles. The van der Waals surface area contributed by atoms with E-state index in [1.54, 1.807) is 11.8 Å². The molecule has 5 nitrogen and oxygen atoms in total. The third kappa shape index (κ3) is 2.84. The van der Waals surface area contributed by atoms with Crippen LogP contribution in [0.15, 0.2) is 18.2 Å². The molecule has 1 atom stereocenters. The highest BCUT2D eigenvalue weighted by Crippen LogP contribution is 2.39. The van der Waals surface area contributed by atoms with Gasteiger partial charge in [0.1, 0.15) is 5.56 Å². The molecule has 1 fully saturated rings. The summed E-state index contributed by atoms with van der Waals surface area (Å²) < 4.78 is 38.6. The van der Waals surface area contributed by atoms with Crippen LogP contribution in [0.25, 0.3) is 0 Å². The SMILES string of the molecule is CC1(O)CCN(c2ccc([N+](=O)[O-])c(C(F)(F)F)c2)C1. The zero-order valence-electron chi connectivity index (χ0n) is 10.6. The van der Waals surface area contributed by atoms with Gasteiger partial charge in [-0.1, -0.05) is 0 Å². The van der Waals surface area contributed by atoms with Crippen molar-refractivity contribution in [1.82, 2.24) is 0 Å². The van der Waals surface area contributed by atoms with Gasteiger partial charge in [0.15, 0.2) is 0 Å². The zero-order chi connectivity index (χ0) is 15.1. The second kappa shape index (κ2) is 4.62. The van der Waals surface area contributed by atoms with Crippen LogP contribution >= 0.6 is 0 Å². The zero-order valence-corrected chi connectivity index (χ0v) is 10.6. The Morgan fingerprint density at radius 1 is 1.45 bits per heavy atom. The van der Waals surface area contributed by atoms with Gasteiger partial charge in [0, 0.05) is 24.8 Å². The minimum Gasteiger partial charge on any atom is -0.388 e. The van der Waals surface area contributed by atoms with E-state index < -0.39 is 28.0 Å². The Morgan fingerprint density at radius 2 is 2.10 bits per heavy atom. The molecule has 1 heterocycles. The fraction of sp³-hybridized carbons (Fsp3) is 0.500. The monoisotopic (exact) mass is 290 g/mol. The number of nitro benzene ring substituents is 1. The van der Waals surface area contributed by atoms with E-state index in [2.05, 4.69) is 0 Å². The number of β-amino-alcohol motifs (C(OH)–C–C–N with tert-alkyl or cyclic N) is 1. The smallest absolute Gasteiger partial charge is 0.388 e. The Labute approximate surface area is 112 Å². The van der Waals surface area contributed by atoms with E-state index in [0.29, 0.717) is 13.0 Å². The number of alkyl halides is 3. The number of nitrogens with zero attached hydrogens (tertiary/aromatic N) is 2. The molecule has 1 aliphatic rings. The summed E-state index contributed by atoms with van der Waals surface area (Å²) in [6.45, 7) is 2.20. The molecule has 1 aromatic carbocycles. The summed E-state index contributed by atoms with van der Waals surface area (Å²) in [7, 11) is 0. The van der Waals surface area contributed by atoms with Crippen LogP contribution in [-0.4, -0.2) is 28.7 Å². The van der Waals surface area contributed by atoms with Crippen LogP contribution in [0, 0.1) is 10.1 Å². The Balaban J connectivity index is 2.41. The largest absolute Gasteiger partial charge is 0.423 e. The summed E-state index contributed by atoms with van der Waals surface area (Å²) >= 11 is 0. The predicted octanol–water partition coefficient (Wildman–Crippen LogP) is 2.57. The minimum atomic E-state index is -4.79. The average Bonchev–Trinajstić information content (AvgIpc) is 2.67. The van der Waals surface area contributed by atoms with Gasteiger partial charge in [-0.15, -0.1) is 0 Å². The first kappa shape index (κ1) is 14.6. The number of halogens is 3. The van der Waals surface area contributed by atoms with Gasteiger partial charge in [0.25, 0.3) is 5.69 Å². The van der Waals surface area contributed by atoms with Crippen LogP contribution in [0.2, 0.25) is 0 Å². The van der Waals surface area contributed by atoms with E-state index in [-0.39, 0.29) is 12.2 Å². The minimum absolute atomic E-state index is 0.197. The fourth-order valence-electron chi connectivity index (χ4n) is 2.27. The summed E-state index contributed by atoms with van der Waals surface area (Å²) in [6, 6.07) is 2.89. The van der Waals surface area contributed by atoms with Crippen molar-refractivity contribution in [3.8, 4) is 0 Å². The van der Waals surface area contributed by atoms with E-state index in [1.165, 1.54) is 6.07 Å². The van der Waals surface area contributed by atoms with Crippen LogP contribution in [0.4, 0.5) is 24.5 Å². The summed E-state index contributed by atoms with van der Waals surface area (Å²) in [5.74, 6) is 0. The maximum Gasteiger partial charge on any atom is 0.423 e. The fourth-order valence-corrected chi connectivity index (χ4v) is 2.27. The molecule has 0 saturated carbocycles. The topological polar surface area (TPSA) is 66.6 Å². The molecule has 2 rings (SSSR count). The molecule has 110 valence electrons. The second-order valence-corrected chi connectivity index (χ2v) is 5.12. The van der Waals surface area contributed by atoms with E-state index in [4.69, 9.17) is 0 Å². The quantitative estimate of drug-likeness (QED) is 0.671. The Hall–Kier alpha value is -1.83. The van der Waals surface area contributed by atoms with Crippen molar-refractivity contribution in [1.29, 1.82) is 0 Å². The molecule has 0 amide bonds. The summed E-state index contributed by atoms with van der Waals surface area (Å²) in [5, 5.41) is 20.5. The number of nitro groups is 1. The normalized spacial score (nSPS) is 23.1. The van der Waals surface area contributed by atoms with Crippen LogP contribution in [-0.2, 0) is 6.18 Å². The first-order chi connectivity index (χ1) is 9.10. The van der Waals surface area contributed by atoms with E-state index in [9.17, 15) is 28.4 Å². The second-order valence-electron chi connectivity index (χ2n) is 5.12. The van der Waals surface area contributed by atoms with Crippen molar-refractivity contribution in [2.24, 2.45) is 0 Å². The lowest BCUT2D eigenvalue weighted by atomic mass is 10.1. The molecule has 1 aliphatic heterocycles. The van der Waals surface area contributed by atoms with Crippen molar-refractivity contribution >= 4 is 11.4 Å². The van der Waals surface area contributed by atoms with Crippen molar-refractivity contribution in [2.75, 3.05) is 18.0 Å². The maximum atomic E-state index is 12.9. The third-order valence-electron chi connectivity index (χ3n) is 3.30. The van der Waals surface area contributed by atoms with Gasteiger partial charge in [-0.05, 0) is 25.5 Å². The molecule has 1 aromatic rings. The summed E-state index contributed by atoms with van der Waals surface area (Å²) in [6.07, 6.45) is -4.36. The maximum absolute atomic E-state index is 12.9. The molecular formula is C12H13F3N2O3. The van der Waals surface area contributed by atoms with Crippen LogP contribution < -0.4 is 4.90 Å². The van der Waals surface area contributed by atoms with Crippen LogP contribution in [0.5, 0.6) is 0 Å². The Morgan fingerprint density at radius 3 is 2.55 bits per heavy atom. The van der Waals surface area contributed by atoms with Crippen molar-refractivity contribution in [3.63, 3.8) is 0 Å². The first-order valence-corrected chi connectivity index (χ1v) is 5.93. The third-order valence-corrected chi connectivity index (χ3v) is 3.30. The first-order valence-electron chi connectivity index (χ1n) is 5.93. The van der Waals surface area contributed by atoms with E-state index >= 15 is 0 Å². The van der Waals surface area contributed by atoms with Gasteiger partial charge >= 0.3 is 6.18 Å². The highest BCUT2D eigenvalue weighted by molar-refractivity contribution is 5.57. The number of anilines is 1. The van der Waals surface area contributed by atoms with Crippen molar-refractivity contribution < 1.29 is 23.2 Å². The van der Waals surface area contributed by atoms with Gasteiger partial charge < -0.3 is 10.0 Å². The molecule has 1 saturated heterocycles. The number of benzene rings is 1. The van der Waals surface area contributed by atoms with Gasteiger partial charge in [0.05, 0.1) is 10.5 Å². The van der Waals surface area contributed by atoms with E-state index in [0.717, 1.165) is 12.1 Å². The van der Waals surface area contributed by atoms with Crippen molar-refractivity contribution in [2.45, 2.75) is 25.1 Å². The highest BCUT2D eigenvalue weighted by Gasteiger charge is 2.39. The number of hydrogen-bond acceptors (Lipinski definition) is 4. The van der Waals surface area contributed by atoms with Gasteiger partial charge in [0.2, 0.25) is 0 Å². The molecule has 0 radical (unpaired) electrons. The lowest BCUT2D eigenvalue weighted by molar-refractivity contribution is -0.388. The van der Waals surface area contributed by atoms with Gasteiger partial charge in [-0.3, -0.25) is 10.1 Å². The summed E-state index contributed by atoms with van der Waals surface area (Å²) in [5.41, 5.74) is -2.97. The predicted molar refractivity (Wildman–Crippen MR) is 65.6 cm³/mol. The molecular weight excluding hydrogens is 277 g/mol. The van der Waals surface area contributed by atoms with Crippen molar-refractivity contribution in [3.05, 3.63) is 33.9 Å². The average molecular weight is 290 g/mol. The van der Waals surface area contributed by atoms with E-state index in [1.807, 2.05) is 0 Å². The molecule has 8 heteroatoms. The Kier molecular flexibility index (Phi) is 3.37. The lowest BCUT2D eigenvalue weighted by Crippen LogP contribution is -2.29.